The molecule has 19 heavy (non-hydrogen) atoms. The summed E-state index contributed by atoms with van der Waals surface area (Å²) in [6.45, 7) is 2.70. The zero-order valence-corrected chi connectivity index (χ0v) is 11.7. The molecule has 4 nitrogen and oxygen atoms in total. The van der Waals surface area contributed by atoms with Gasteiger partial charge >= 0.3 is 0 Å². The molecule has 0 heterocycles. The lowest BCUT2D eigenvalue weighted by molar-refractivity contribution is -0.123. The number of nitriles is 1. The molecule has 0 fully saturated rings. The Morgan fingerprint density at radius 3 is 2.89 bits per heavy atom. The van der Waals surface area contributed by atoms with E-state index in [9.17, 15) is 4.79 Å². The van der Waals surface area contributed by atoms with E-state index in [2.05, 4.69) is 12.2 Å². The minimum absolute atomic E-state index is 0.0717. The summed E-state index contributed by atoms with van der Waals surface area (Å²) in [6, 6.07) is 6.68. The van der Waals surface area contributed by atoms with Gasteiger partial charge in [0.25, 0.3) is 5.91 Å². The highest BCUT2D eigenvalue weighted by Crippen LogP contribution is 2.24. The zero-order valence-electron chi connectivity index (χ0n) is 10.9. The van der Waals surface area contributed by atoms with Crippen LogP contribution in [0.4, 0.5) is 0 Å². The zero-order chi connectivity index (χ0) is 14.1. The Balaban J connectivity index is 2.36. The predicted octanol–water partition coefficient (Wildman–Crippen LogP) is 2.90. The number of nitrogens with zero attached hydrogens (tertiary/aromatic N) is 1. The highest BCUT2D eigenvalue weighted by Gasteiger charge is 2.06. The molecular formula is C14H17ClN2O2. The van der Waals surface area contributed by atoms with Gasteiger partial charge in [-0.2, -0.15) is 5.26 Å². The van der Waals surface area contributed by atoms with Crippen LogP contribution < -0.4 is 10.1 Å². The Morgan fingerprint density at radius 1 is 1.47 bits per heavy atom. The second-order valence-electron chi connectivity index (χ2n) is 4.10. The van der Waals surface area contributed by atoms with Crippen molar-refractivity contribution in [2.75, 3.05) is 13.2 Å². The molecule has 1 aromatic rings. The van der Waals surface area contributed by atoms with Gasteiger partial charge in [0.15, 0.2) is 6.61 Å². The van der Waals surface area contributed by atoms with Gasteiger partial charge < -0.3 is 10.1 Å². The molecule has 0 spiro atoms. The largest absolute Gasteiger partial charge is 0.482 e. The monoisotopic (exact) mass is 280 g/mol. The molecule has 0 atom stereocenters. The third kappa shape index (κ3) is 5.62. The van der Waals surface area contributed by atoms with Crippen LogP contribution >= 0.6 is 11.6 Å². The summed E-state index contributed by atoms with van der Waals surface area (Å²) in [6.07, 6.45) is 3.19. The van der Waals surface area contributed by atoms with E-state index in [1.54, 1.807) is 12.1 Å². The molecule has 1 rings (SSSR count). The van der Waals surface area contributed by atoms with Gasteiger partial charge in [0, 0.05) is 6.54 Å². The molecule has 0 aliphatic carbocycles. The van der Waals surface area contributed by atoms with Crippen LogP contribution in [-0.2, 0) is 4.79 Å². The Morgan fingerprint density at radius 2 is 2.26 bits per heavy atom. The van der Waals surface area contributed by atoms with Crippen molar-refractivity contribution in [3.63, 3.8) is 0 Å². The normalized spacial score (nSPS) is 9.74. The summed E-state index contributed by atoms with van der Waals surface area (Å²) < 4.78 is 5.30. The summed E-state index contributed by atoms with van der Waals surface area (Å²) >= 11 is 5.93. The molecule has 0 bridgehead atoms. The molecule has 0 aliphatic rings. The number of ether oxygens (including phenoxy) is 1. The van der Waals surface area contributed by atoms with Gasteiger partial charge in [-0.25, -0.2) is 0 Å². The number of hydrogen-bond donors (Lipinski definition) is 1. The van der Waals surface area contributed by atoms with Crippen molar-refractivity contribution in [3.8, 4) is 11.8 Å². The molecule has 0 saturated heterocycles. The van der Waals surface area contributed by atoms with Gasteiger partial charge in [-0.05, 0) is 24.6 Å². The van der Waals surface area contributed by atoms with Crippen LogP contribution in [0.25, 0.3) is 0 Å². The van der Waals surface area contributed by atoms with E-state index in [1.807, 2.05) is 6.07 Å². The number of benzene rings is 1. The average molecular weight is 281 g/mol. The molecule has 0 radical (unpaired) electrons. The highest BCUT2D eigenvalue weighted by molar-refractivity contribution is 6.32. The van der Waals surface area contributed by atoms with Crippen molar-refractivity contribution in [1.82, 2.24) is 5.32 Å². The fraction of sp³-hybridized carbons (Fsp3) is 0.429. The maximum atomic E-state index is 11.5. The molecule has 1 aromatic carbocycles. The van der Waals surface area contributed by atoms with Gasteiger partial charge in [0.05, 0.1) is 16.7 Å². The Kier molecular flexibility index (Phi) is 6.76. The Labute approximate surface area is 118 Å². The van der Waals surface area contributed by atoms with Crippen LogP contribution in [0.3, 0.4) is 0 Å². The molecule has 0 saturated carbocycles. The molecule has 102 valence electrons. The molecule has 0 unspecified atom stereocenters. The highest BCUT2D eigenvalue weighted by atomic mass is 35.5. The molecule has 5 heteroatoms. The van der Waals surface area contributed by atoms with E-state index in [4.69, 9.17) is 21.6 Å². The number of halogens is 1. The first-order valence-electron chi connectivity index (χ1n) is 6.26. The number of hydrogen-bond acceptors (Lipinski definition) is 3. The van der Waals surface area contributed by atoms with Crippen LogP contribution in [0.15, 0.2) is 18.2 Å². The molecule has 0 aliphatic heterocycles. The van der Waals surface area contributed by atoms with Crippen molar-refractivity contribution in [2.45, 2.75) is 26.2 Å². The van der Waals surface area contributed by atoms with Crippen molar-refractivity contribution < 1.29 is 9.53 Å². The fourth-order valence-corrected chi connectivity index (χ4v) is 1.72. The number of carbonyl (C=O) groups excluding carboxylic acids is 1. The standard InChI is InChI=1S/C14H17ClN2O2/c1-2-3-4-7-17-14(18)10-19-13-6-5-11(9-16)8-12(13)15/h5-6,8H,2-4,7,10H2,1H3,(H,17,18). The smallest absolute Gasteiger partial charge is 0.257 e. The second kappa shape index (κ2) is 8.39. The van der Waals surface area contributed by atoms with Gasteiger partial charge in [0.1, 0.15) is 5.75 Å². The SMILES string of the molecule is CCCCCNC(=O)COc1ccc(C#N)cc1Cl. The van der Waals surface area contributed by atoms with Crippen molar-refractivity contribution >= 4 is 17.5 Å². The fourth-order valence-electron chi connectivity index (χ4n) is 1.48. The topological polar surface area (TPSA) is 62.1 Å². The van der Waals surface area contributed by atoms with E-state index in [1.165, 1.54) is 6.07 Å². The minimum Gasteiger partial charge on any atom is -0.482 e. The first kappa shape index (κ1) is 15.3. The lowest BCUT2D eigenvalue weighted by Gasteiger charge is -2.08. The van der Waals surface area contributed by atoms with E-state index in [-0.39, 0.29) is 12.5 Å². The average Bonchev–Trinajstić information content (AvgIpc) is 2.42. The van der Waals surface area contributed by atoms with Gasteiger partial charge in [-0.1, -0.05) is 31.4 Å². The van der Waals surface area contributed by atoms with Crippen molar-refractivity contribution in [3.05, 3.63) is 28.8 Å². The number of rotatable bonds is 7. The third-order valence-electron chi connectivity index (χ3n) is 2.52. The maximum Gasteiger partial charge on any atom is 0.257 e. The Hall–Kier alpha value is -1.73. The second-order valence-corrected chi connectivity index (χ2v) is 4.51. The van der Waals surface area contributed by atoms with Crippen molar-refractivity contribution in [2.24, 2.45) is 0 Å². The number of amides is 1. The quantitative estimate of drug-likeness (QED) is 0.781. The number of unbranched alkanes of at least 4 members (excludes halogenated alkanes) is 2. The molecular weight excluding hydrogens is 264 g/mol. The van der Waals surface area contributed by atoms with Crippen LogP contribution in [-0.4, -0.2) is 19.1 Å². The van der Waals surface area contributed by atoms with Gasteiger partial charge in [0.2, 0.25) is 0 Å². The summed E-state index contributed by atoms with van der Waals surface area (Å²) in [4.78, 5) is 11.5. The van der Waals surface area contributed by atoms with E-state index >= 15 is 0 Å². The molecule has 1 amide bonds. The summed E-state index contributed by atoms with van der Waals surface area (Å²) in [5.74, 6) is 0.237. The van der Waals surface area contributed by atoms with Crippen molar-refractivity contribution in [1.29, 1.82) is 5.26 Å². The number of carbonyl (C=O) groups is 1. The summed E-state index contributed by atoms with van der Waals surface area (Å²) in [5.41, 5.74) is 0.460. The lowest BCUT2D eigenvalue weighted by atomic mass is 10.2. The van der Waals surface area contributed by atoms with Crippen LogP contribution in [0, 0.1) is 11.3 Å². The first-order chi connectivity index (χ1) is 9.17. The van der Waals surface area contributed by atoms with E-state index < -0.39 is 0 Å². The van der Waals surface area contributed by atoms with Crippen LogP contribution in [0.2, 0.25) is 5.02 Å². The number of nitrogens with one attached hydrogen (secondary N) is 1. The Bertz CT molecular complexity index is 469. The molecule has 0 aromatic heterocycles. The van der Waals surface area contributed by atoms with Gasteiger partial charge in [-0.3, -0.25) is 4.79 Å². The lowest BCUT2D eigenvalue weighted by Crippen LogP contribution is -2.29. The first-order valence-corrected chi connectivity index (χ1v) is 6.64. The summed E-state index contributed by atoms with van der Waals surface area (Å²) in [5, 5.41) is 11.8. The third-order valence-corrected chi connectivity index (χ3v) is 2.82. The van der Waals surface area contributed by atoms with E-state index in [0.717, 1.165) is 19.3 Å². The van der Waals surface area contributed by atoms with Crippen LogP contribution in [0.5, 0.6) is 5.75 Å². The van der Waals surface area contributed by atoms with E-state index in [0.29, 0.717) is 22.9 Å². The van der Waals surface area contributed by atoms with Crippen LogP contribution in [0.1, 0.15) is 31.7 Å². The predicted molar refractivity (Wildman–Crippen MR) is 74.2 cm³/mol. The molecule has 1 N–H and O–H groups in total. The summed E-state index contributed by atoms with van der Waals surface area (Å²) in [7, 11) is 0. The van der Waals surface area contributed by atoms with Gasteiger partial charge in [-0.15, -0.1) is 0 Å². The minimum atomic E-state index is -0.170. The maximum absolute atomic E-state index is 11.5.